The van der Waals surface area contributed by atoms with E-state index in [0.29, 0.717) is 0 Å². The summed E-state index contributed by atoms with van der Waals surface area (Å²) < 4.78 is 0. The Morgan fingerprint density at radius 2 is 1.93 bits per heavy atom. The summed E-state index contributed by atoms with van der Waals surface area (Å²) in [7, 11) is 0. The number of rotatable bonds is 0. The molecule has 2 nitrogen and oxygen atoms in total. The summed E-state index contributed by atoms with van der Waals surface area (Å²) in [5.74, 6) is 0. The predicted molar refractivity (Wildman–Crippen MR) is 68.8 cm³/mol. The zero-order valence-corrected chi connectivity index (χ0v) is 10.5. The highest BCUT2D eigenvalue weighted by molar-refractivity contribution is 9.09. The molecule has 3 heteroatoms. The van der Waals surface area contributed by atoms with Gasteiger partial charge in [0, 0.05) is 22.3 Å². The average molecular weight is 268 g/mol. The van der Waals surface area contributed by atoms with Gasteiger partial charge in [-0.3, -0.25) is 4.79 Å². The number of nitrogens with one attached hydrogen (secondary N) is 1. The number of halogens is 1. The van der Waals surface area contributed by atoms with Crippen LogP contribution >= 0.6 is 15.9 Å². The molecular weight excluding hydrogens is 254 g/mol. The molecule has 0 saturated carbocycles. The van der Waals surface area contributed by atoms with Gasteiger partial charge in [-0.1, -0.05) is 35.0 Å². The first-order chi connectivity index (χ1) is 7.19. The standard InChI is InChI=1S/C10H9NO.C2H5Br/c1-7-3-2-4-9-8(7)5-6-10(12)11-9;1-2-3/h2-6H,1H3,(H,11,12);2H2,1H3. The van der Waals surface area contributed by atoms with Gasteiger partial charge in [-0.15, -0.1) is 0 Å². The Balaban J connectivity index is 0.000000337. The fraction of sp³-hybridized carbons (Fsp3) is 0.250. The van der Waals surface area contributed by atoms with Gasteiger partial charge in [0.25, 0.3) is 0 Å². The Hall–Kier alpha value is -1.09. The molecule has 2 aromatic rings. The number of aromatic amines is 1. The molecule has 0 aliphatic heterocycles. The van der Waals surface area contributed by atoms with E-state index in [1.807, 2.05) is 38.1 Å². The van der Waals surface area contributed by atoms with E-state index in [0.717, 1.165) is 16.2 Å². The summed E-state index contributed by atoms with van der Waals surface area (Å²) in [5.41, 5.74) is 2.04. The van der Waals surface area contributed by atoms with Gasteiger partial charge in [0.2, 0.25) is 5.56 Å². The number of benzene rings is 1. The number of H-pyrrole nitrogens is 1. The van der Waals surface area contributed by atoms with E-state index in [4.69, 9.17) is 0 Å². The second kappa shape index (κ2) is 5.71. The van der Waals surface area contributed by atoms with Crippen LogP contribution in [0.3, 0.4) is 0 Å². The summed E-state index contributed by atoms with van der Waals surface area (Å²) in [5, 5.41) is 2.17. The number of hydrogen-bond acceptors (Lipinski definition) is 1. The largest absolute Gasteiger partial charge is 0.322 e. The number of aromatic nitrogens is 1. The number of fused-ring (bicyclic) bond motifs is 1. The number of aryl methyl sites for hydroxylation is 1. The van der Waals surface area contributed by atoms with Gasteiger partial charge in [0.05, 0.1) is 0 Å². The summed E-state index contributed by atoms with van der Waals surface area (Å²) in [6, 6.07) is 9.27. The van der Waals surface area contributed by atoms with Crippen molar-refractivity contribution in [2.24, 2.45) is 0 Å². The van der Waals surface area contributed by atoms with Crippen LogP contribution in [0.5, 0.6) is 0 Å². The first-order valence-corrected chi connectivity index (χ1v) is 5.95. The zero-order valence-electron chi connectivity index (χ0n) is 8.88. The third-order valence-corrected chi connectivity index (χ3v) is 1.98. The van der Waals surface area contributed by atoms with Gasteiger partial charge < -0.3 is 4.98 Å². The van der Waals surface area contributed by atoms with Crippen LogP contribution in [0.15, 0.2) is 35.1 Å². The van der Waals surface area contributed by atoms with E-state index in [2.05, 4.69) is 20.9 Å². The van der Waals surface area contributed by atoms with E-state index in [-0.39, 0.29) is 5.56 Å². The molecular formula is C12H14BrNO. The molecule has 0 unspecified atom stereocenters. The highest BCUT2D eigenvalue weighted by atomic mass is 79.9. The quantitative estimate of drug-likeness (QED) is 0.731. The fourth-order valence-electron chi connectivity index (χ4n) is 1.34. The Kier molecular flexibility index (Phi) is 4.56. The van der Waals surface area contributed by atoms with Crippen LogP contribution in [-0.4, -0.2) is 10.3 Å². The van der Waals surface area contributed by atoms with Crippen molar-refractivity contribution < 1.29 is 0 Å². The lowest BCUT2D eigenvalue weighted by atomic mass is 10.1. The first kappa shape index (κ1) is 12.0. The second-order valence-electron chi connectivity index (χ2n) is 3.13. The smallest absolute Gasteiger partial charge is 0.248 e. The molecule has 0 aliphatic carbocycles. The Morgan fingerprint density at radius 3 is 2.60 bits per heavy atom. The van der Waals surface area contributed by atoms with Gasteiger partial charge in [-0.2, -0.15) is 0 Å². The maximum Gasteiger partial charge on any atom is 0.248 e. The molecule has 1 aromatic carbocycles. The minimum atomic E-state index is -0.0481. The van der Waals surface area contributed by atoms with Gasteiger partial charge in [0.15, 0.2) is 0 Å². The van der Waals surface area contributed by atoms with Crippen molar-refractivity contribution >= 4 is 26.8 Å². The molecule has 0 atom stereocenters. The van der Waals surface area contributed by atoms with Crippen molar-refractivity contribution in [1.82, 2.24) is 4.98 Å². The number of alkyl halides is 1. The van der Waals surface area contributed by atoms with Crippen molar-refractivity contribution in [3.8, 4) is 0 Å². The van der Waals surface area contributed by atoms with Crippen LogP contribution in [0, 0.1) is 6.92 Å². The molecule has 0 radical (unpaired) electrons. The number of hydrogen-bond donors (Lipinski definition) is 1. The third-order valence-electron chi connectivity index (χ3n) is 1.98. The van der Waals surface area contributed by atoms with E-state index in [1.165, 1.54) is 5.56 Å². The SMILES string of the molecule is CCBr.Cc1cccc2[nH]c(=O)ccc12. The monoisotopic (exact) mass is 267 g/mol. The normalized spacial score (nSPS) is 9.53. The van der Waals surface area contributed by atoms with Gasteiger partial charge in [-0.05, 0) is 24.6 Å². The molecule has 0 spiro atoms. The van der Waals surface area contributed by atoms with Crippen LogP contribution in [-0.2, 0) is 0 Å². The summed E-state index contributed by atoms with van der Waals surface area (Å²) in [6.45, 7) is 4.07. The fourth-order valence-corrected chi connectivity index (χ4v) is 1.34. The lowest BCUT2D eigenvalue weighted by Crippen LogP contribution is -2.02. The topological polar surface area (TPSA) is 32.9 Å². The molecule has 0 amide bonds. The highest BCUT2D eigenvalue weighted by Gasteiger charge is 1.95. The van der Waals surface area contributed by atoms with Crippen LogP contribution in [0.2, 0.25) is 0 Å². The van der Waals surface area contributed by atoms with E-state index in [9.17, 15) is 4.79 Å². The maximum absolute atomic E-state index is 10.9. The average Bonchev–Trinajstić information content (AvgIpc) is 2.19. The molecule has 15 heavy (non-hydrogen) atoms. The van der Waals surface area contributed by atoms with Crippen LogP contribution in [0.25, 0.3) is 10.9 Å². The lowest BCUT2D eigenvalue weighted by molar-refractivity contribution is 1.30. The van der Waals surface area contributed by atoms with Gasteiger partial charge in [-0.25, -0.2) is 0 Å². The molecule has 2 rings (SSSR count). The van der Waals surface area contributed by atoms with Crippen molar-refractivity contribution in [3.63, 3.8) is 0 Å². The molecule has 80 valence electrons. The maximum atomic E-state index is 10.9. The second-order valence-corrected chi connectivity index (χ2v) is 4.25. The van der Waals surface area contributed by atoms with Crippen molar-refractivity contribution in [2.75, 3.05) is 5.33 Å². The summed E-state index contributed by atoms with van der Waals surface area (Å²) in [4.78, 5) is 13.7. The number of pyridine rings is 1. The minimum absolute atomic E-state index is 0.0481. The molecule has 0 aliphatic rings. The molecule has 0 bridgehead atoms. The van der Waals surface area contributed by atoms with Crippen molar-refractivity contribution in [3.05, 3.63) is 46.2 Å². The Morgan fingerprint density at radius 1 is 1.27 bits per heavy atom. The predicted octanol–water partition coefficient (Wildman–Crippen LogP) is 3.24. The van der Waals surface area contributed by atoms with Crippen LogP contribution in [0.4, 0.5) is 0 Å². The zero-order chi connectivity index (χ0) is 11.3. The van der Waals surface area contributed by atoms with E-state index >= 15 is 0 Å². The molecule has 1 heterocycles. The molecule has 1 N–H and O–H groups in total. The van der Waals surface area contributed by atoms with Crippen LogP contribution in [0.1, 0.15) is 12.5 Å². The van der Waals surface area contributed by atoms with Crippen molar-refractivity contribution in [2.45, 2.75) is 13.8 Å². The lowest BCUT2D eigenvalue weighted by Gasteiger charge is -1.98. The Bertz CT molecular complexity index is 490. The molecule has 0 saturated heterocycles. The Labute approximate surface area is 97.5 Å². The molecule has 0 fully saturated rings. The van der Waals surface area contributed by atoms with E-state index in [1.54, 1.807) is 6.07 Å². The van der Waals surface area contributed by atoms with Gasteiger partial charge in [0.1, 0.15) is 0 Å². The van der Waals surface area contributed by atoms with Gasteiger partial charge >= 0.3 is 0 Å². The van der Waals surface area contributed by atoms with Crippen molar-refractivity contribution in [1.29, 1.82) is 0 Å². The van der Waals surface area contributed by atoms with E-state index < -0.39 is 0 Å². The first-order valence-electron chi connectivity index (χ1n) is 4.83. The molecule has 1 aromatic heterocycles. The van der Waals surface area contributed by atoms with Crippen LogP contribution < -0.4 is 5.56 Å². The minimum Gasteiger partial charge on any atom is -0.322 e. The summed E-state index contributed by atoms with van der Waals surface area (Å²) in [6.07, 6.45) is 0. The highest BCUT2D eigenvalue weighted by Crippen LogP contribution is 2.13. The summed E-state index contributed by atoms with van der Waals surface area (Å²) >= 11 is 3.15. The third kappa shape index (κ3) is 3.20.